The van der Waals surface area contributed by atoms with Gasteiger partial charge in [-0.1, -0.05) is 18.2 Å². The molecule has 0 amide bonds. The molecule has 60 valence electrons. The minimum absolute atomic E-state index is 0.650. The Morgan fingerprint density at radius 3 is 2.09 bits per heavy atom. The lowest BCUT2D eigenvalue weighted by molar-refractivity contribution is 0.414. The predicted octanol–water partition coefficient (Wildman–Crippen LogP) is 1.47. The van der Waals surface area contributed by atoms with Crippen LogP contribution in [-0.4, -0.2) is 19.1 Å². The van der Waals surface area contributed by atoms with Crippen LogP contribution in [-0.2, 0) is 0 Å². The Bertz CT molecular complexity index is 211. The lowest BCUT2D eigenvalue weighted by Crippen LogP contribution is -2.30. The Kier molecular flexibility index (Phi) is 2.46. The van der Waals surface area contributed by atoms with Crippen LogP contribution in [0.15, 0.2) is 30.3 Å². The third-order valence-corrected chi connectivity index (χ3v) is 1.34. The van der Waals surface area contributed by atoms with Crippen molar-refractivity contribution in [3.63, 3.8) is 0 Å². The normalized spacial score (nSPS) is 10.2. The predicted molar refractivity (Wildman–Crippen MR) is 46.0 cm³/mol. The van der Waals surface area contributed by atoms with E-state index in [0.29, 0.717) is 5.69 Å². The van der Waals surface area contributed by atoms with Gasteiger partial charge in [-0.25, -0.2) is 5.01 Å². The molecule has 0 atom stereocenters. The first-order chi connectivity index (χ1) is 5.22. The molecule has 0 spiro atoms. The molecule has 0 unspecified atom stereocenters. The zero-order valence-corrected chi connectivity index (χ0v) is 6.69. The van der Waals surface area contributed by atoms with E-state index < -0.39 is 0 Å². The maximum Gasteiger partial charge on any atom is 0.0406 e. The van der Waals surface area contributed by atoms with E-state index in [-0.39, 0.29) is 0 Å². The summed E-state index contributed by atoms with van der Waals surface area (Å²) >= 11 is 0. The summed E-state index contributed by atoms with van der Waals surface area (Å²) in [6, 6.07) is 9.10. The third-order valence-electron chi connectivity index (χ3n) is 1.34. The topological polar surface area (TPSA) is 29.5 Å². The summed E-state index contributed by atoms with van der Waals surface area (Å²) in [6.45, 7) is 0. The van der Waals surface area contributed by atoms with Gasteiger partial charge in [0.15, 0.2) is 0 Å². The molecule has 11 heavy (non-hydrogen) atoms. The molecule has 0 aromatic heterocycles. The van der Waals surface area contributed by atoms with Crippen molar-refractivity contribution in [1.82, 2.24) is 5.01 Å². The van der Waals surface area contributed by atoms with Crippen LogP contribution in [0.2, 0.25) is 0 Å². The van der Waals surface area contributed by atoms with Crippen molar-refractivity contribution >= 4 is 5.69 Å². The van der Waals surface area contributed by atoms with Crippen LogP contribution in [0, 0.1) is 5.21 Å². The van der Waals surface area contributed by atoms with E-state index in [4.69, 9.17) is 0 Å². The lowest BCUT2D eigenvalue weighted by atomic mass is 10.3. The highest BCUT2D eigenvalue weighted by molar-refractivity contribution is 5.45. The summed E-state index contributed by atoms with van der Waals surface area (Å²) in [6.07, 6.45) is 0. The minimum Gasteiger partial charge on any atom is -0.743 e. The third kappa shape index (κ3) is 1.93. The fraction of sp³-hybridized carbons (Fsp3) is 0.250. The molecule has 0 heterocycles. The molecule has 3 heteroatoms. The molecule has 3 nitrogen and oxygen atoms in total. The van der Waals surface area contributed by atoms with E-state index in [1.807, 2.05) is 18.2 Å². The van der Waals surface area contributed by atoms with Gasteiger partial charge in [0.05, 0.1) is 0 Å². The zero-order chi connectivity index (χ0) is 8.27. The first-order valence-corrected chi connectivity index (χ1v) is 3.41. The molecule has 1 aromatic rings. The molecule has 1 aromatic carbocycles. The Hall–Kier alpha value is -1.06. The number of benzene rings is 1. The van der Waals surface area contributed by atoms with Crippen LogP contribution in [0.5, 0.6) is 0 Å². The highest BCUT2D eigenvalue weighted by atomic mass is 16.5. The van der Waals surface area contributed by atoms with Gasteiger partial charge in [0.25, 0.3) is 0 Å². The van der Waals surface area contributed by atoms with Gasteiger partial charge in [0.2, 0.25) is 0 Å². The number of hydrogen-bond donors (Lipinski definition) is 0. The molecular formula is C8H11N2O-. The number of nitrogens with zero attached hydrogens (tertiary/aromatic N) is 2. The van der Waals surface area contributed by atoms with Gasteiger partial charge in [-0.2, -0.15) is 0 Å². The summed E-state index contributed by atoms with van der Waals surface area (Å²) in [5.41, 5.74) is 0.650. The molecule has 1 rings (SSSR count). The van der Waals surface area contributed by atoms with Crippen molar-refractivity contribution in [3.8, 4) is 0 Å². The van der Waals surface area contributed by atoms with Gasteiger partial charge in [0.1, 0.15) is 0 Å². The highest BCUT2D eigenvalue weighted by Gasteiger charge is 1.93. The average Bonchev–Trinajstić information content (AvgIpc) is 2.05. The van der Waals surface area contributed by atoms with E-state index in [2.05, 4.69) is 0 Å². The summed E-state index contributed by atoms with van der Waals surface area (Å²) in [4.78, 5) is 0. The molecule has 0 aliphatic heterocycles. The second kappa shape index (κ2) is 3.37. The number of rotatable bonds is 2. The van der Waals surface area contributed by atoms with Gasteiger partial charge in [0, 0.05) is 19.8 Å². The van der Waals surface area contributed by atoms with Crippen molar-refractivity contribution in [2.24, 2.45) is 0 Å². The molecular weight excluding hydrogens is 140 g/mol. The number of hydrazine groups is 1. The standard InChI is InChI=1S/C8H11N2O/c1-9(2)10(11)8-6-4-3-5-7-8/h3-7H,1-2H3/q-1. The van der Waals surface area contributed by atoms with Gasteiger partial charge >= 0.3 is 0 Å². The van der Waals surface area contributed by atoms with Crippen LogP contribution in [0.4, 0.5) is 5.69 Å². The van der Waals surface area contributed by atoms with E-state index >= 15 is 0 Å². The monoisotopic (exact) mass is 151 g/mol. The number of anilines is 1. The SMILES string of the molecule is CN(C)N([O-])c1ccccc1. The molecule has 0 saturated heterocycles. The van der Waals surface area contributed by atoms with E-state index in [1.54, 1.807) is 26.2 Å². The van der Waals surface area contributed by atoms with E-state index in [9.17, 15) is 5.21 Å². The van der Waals surface area contributed by atoms with Crippen molar-refractivity contribution in [3.05, 3.63) is 35.5 Å². The highest BCUT2D eigenvalue weighted by Crippen LogP contribution is 2.11. The second-order valence-corrected chi connectivity index (χ2v) is 2.46. The number of hydrogen-bond acceptors (Lipinski definition) is 3. The Morgan fingerprint density at radius 1 is 1.09 bits per heavy atom. The Labute approximate surface area is 66.4 Å². The van der Waals surface area contributed by atoms with Gasteiger partial charge in [-0.15, -0.1) is 0 Å². The fourth-order valence-electron chi connectivity index (χ4n) is 0.786. The maximum absolute atomic E-state index is 11.2. The van der Waals surface area contributed by atoms with Crippen LogP contribution in [0.3, 0.4) is 0 Å². The quantitative estimate of drug-likeness (QED) is 0.599. The van der Waals surface area contributed by atoms with Gasteiger partial charge in [-0.3, -0.25) is 0 Å². The Balaban J connectivity index is 2.77. The molecule has 0 radical (unpaired) electrons. The van der Waals surface area contributed by atoms with Crippen molar-refractivity contribution < 1.29 is 0 Å². The molecule has 0 saturated carbocycles. The Morgan fingerprint density at radius 2 is 1.64 bits per heavy atom. The maximum atomic E-state index is 11.2. The molecule has 0 fully saturated rings. The fourth-order valence-corrected chi connectivity index (χ4v) is 0.786. The smallest absolute Gasteiger partial charge is 0.0406 e. The number of para-hydroxylation sites is 1. The first kappa shape index (κ1) is 8.04. The van der Waals surface area contributed by atoms with Crippen LogP contribution < -0.4 is 5.17 Å². The van der Waals surface area contributed by atoms with Crippen molar-refractivity contribution in [2.45, 2.75) is 0 Å². The largest absolute Gasteiger partial charge is 0.743 e. The van der Waals surface area contributed by atoms with Crippen molar-refractivity contribution in [2.75, 3.05) is 19.3 Å². The van der Waals surface area contributed by atoms with Crippen LogP contribution >= 0.6 is 0 Å². The molecule has 0 bridgehead atoms. The first-order valence-electron chi connectivity index (χ1n) is 3.41. The van der Waals surface area contributed by atoms with Crippen LogP contribution in [0.1, 0.15) is 0 Å². The minimum atomic E-state index is 0.650. The van der Waals surface area contributed by atoms with Gasteiger partial charge < -0.3 is 10.4 Å². The second-order valence-electron chi connectivity index (χ2n) is 2.46. The van der Waals surface area contributed by atoms with Gasteiger partial charge in [-0.05, 0) is 12.1 Å². The molecule has 0 aliphatic carbocycles. The van der Waals surface area contributed by atoms with Crippen molar-refractivity contribution in [1.29, 1.82) is 0 Å². The lowest BCUT2D eigenvalue weighted by Gasteiger charge is -2.36. The summed E-state index contributed by atoms with van der Waals surface area (Å²) in [5, 5.41) is 13.5. The summed E-state index contributed by atoms with van der Waals surface area (Å²) in [5.74, 6) is 0. The zero-order valence-electron chi connectivity index (χ0n) is 6.69. The summed E-state index contributed by atoms with van der Waals surface area (Å²) in [7, 11) is 3.42. The van der Waals surface area contributed by atoms with E-state index in [0.717, 1.165) is 5.17 Å². The average molecular weight is 151 g/mol. The van der Waals surface area contributed by atoms with Crippen LogP contribution in [0.25, 0.3) is 0 Å². The molecule has 0 aliphatic rings. The molecule has 0 N–H and O–H groups in total. The van der Waals surface area contributed by atoms with E-state index in [1.165, 1.54) is 5.01 Å². The summed E-state index contributed by atoms with van der Waals surface area (Å²) < 4.78 is 0.